The molecule has 2 saturated carbocycles. The van der Waals surface area contributed by atoms with Gasteiger partial charge in [-0.25, -0.2) is 0 Å². The number of carbonyl (C=O) groups is 3. The summed E-state index contributed by atoms with van der Waals surface area (Å²) in [6.45, 7) is 4.34. The molecule has 2 saturated heterocycles. The van der Waals surface area contributed by atoms with Gasteiger partial charge >= 0.3 is 0 Å². The van der Waals surface area contributed by atoms with E-state index in [0.29, 0.717) is 30.6 Å². The second kappa shape index (κ2) is 11.3. The van der Waals surface area contributed by atoms with Crippen LogP contribution >= 0.6 is 0 Å². The fraction of sp³-hybridized carbons (Fsp3) is 0.700. The molecule has 3 aliphatic heterocycles. The van der Waals surface area contributed by atoms with E-state index < -0.39 is 6.04 Å². The molecule has 4 fully saturated rings. The highest BCUT2D eigenvalue weighted by molar-refractivity contribution is 6.06. The van der Waals surface area contributed by atoms with Crippen LogP contribution in [0.15, 0.2) is 18.2 Å². The Balaban J connectivity index is 1.20. The van der Waals surface area contributed by atoms with E-state index in [2.05, 4.69) is 21.6 Å². The van der Waals surface area contributed by atoms with Gasteiger partial charge in [0, 0.05) is 61.6 Å². The lowest BCUT2D eigenvalue weighted by Crippen LogP contribution is -2.52. The van der Waals surface area contributed by atoms with Crippen molar-refractivity contribution < 1.29 is 19.1 Å². The van der Waals surface area contributed by atoms with Crippen LogP contribution in [0, 0.1) is 11.8 Å². The lowest BCUT2D eigenvalue weighted by molar-refractivity contribution is -0.136. The van der Waals surface area contributed by atoms with Crippen LogP contribution in [-0.2, 0) is 20.9 Å². The highest BCUT2D eigenvalue weighted by Crippen LogP contribution is 2.38. The maximum atomic E-state index is 13.5. The number of amides is 3. The van der Waals surface area contributed by atoms with Gasteiger partial charge in [0.1, 0.15) is 6.04 Å². The molecular weight excluding hydrogens is 480 g/mol. The molecule has 2 aliphatic carbocycles. The quantitative estimate of drug-likeness (QED) is 0.458. The van der Waals surface area contributed by atoms with E-state index in [0.717, 1.165) is 81.5 Å². The second-order valence-electron chi connectivity index (χ2n) is 12.1. The molecule has 0 bridgehead atoms. The number of rotatable bonds is 10. The number of fused-ring (bicyclic) bond motifs is 1. The summed E-state index contributed by atoms with van der Waals surface area (Å²) in [6, 6.07) is 6.53. The van der Waals surface area contributed by atoms with Crippen molar-refractivity contribution in [3.8, 4) is 0 Å². The largest absolute Gasteiger partial charge is 0.381 e. The summed E-state index contributed by atoms with van der Waals surface area (Å²) < 4.78 is 5.57. The van der Waals surface area contributed by atoms with Crippen molar-refractivity contribution >= 4 is 23.4 Å². The van der Waals surface area contributed by atoms with Crippen LogP contribution in [-0.4, -0.2) is 67.1 Å². The fourth-order valence-corrected chi connectivity index (χ4v) is 7.00. The minimum absolute atomic E-state index is 0.0890. The Hall–Kier alpha value is -2.45. The Bertz CT molecular complexity index is 1050. The van der Waals surface area contributed by atoms with Gasteiger partial charge in [-0.1, -0.05) is 6.07 Å². The van der Waals surface area contributed by atoms with Crippen molar-refractivity contribution in [2.45, 2.75) is 95.3 Å². The highest BCUT2D eigenvalue weighted by Gasteiger charge is 2.41. The number of carbonyl (C=O) groups excluding carboxylic acids is 3. The third-order valence-corrected chi connectivity index (χ3v) is 9.46. The van der Waals surface area contributed by atoms with E-state index in [1.807, 2.05) is 12.1 Å². The summed E-state index contributed by atoms with van der Waals surface area (Å²) in [7, 11) is 0. The van der Waals surface area contributed by atoms with E-state index >= 15 is 0 Å². The molecule has 1 aromatic carbocycles. The molecule has 8 nitrogen and oxygen atoms in total. The number of anilines is 1. The van der Waals surface area contributed by atoms with Crippen LogP contribution in [0.3, 0.4) is 0 Å². The maximum absolute atomic E-state index is 13.5. The van der Waals surface area contributed by atoms with Crippen molar-refractivity contribution in [2.75, 3.05) is 31.2 Å². The van der Waals surface area contributed by atoms with E-state index in [1.54, 1.807) is 4.90 Å². The predicted molar refractivity (Wildman–Crippen MR) is 145 cm³/mol. The molecule has 1 unspecified atom stereocenters. The monoisotopic (exact) mass is 522 g/mol. The van der Waals surface area contributed by atoms with Crippen LogP contribution in [0.25, 0.3) is 0 Å². The van der Waals surface area contributed by atoms with E-state index in [4.69, 9.17) is 4.74 Å². The minimum atomic E-state index is -0.579. The number of hydrogen-bond acceptors (Lipinski definition) is 6. The van der Waals surface area contributed by atoms with Crippen molar-refractivity contribution in [1.29, 1.82) is 0 Å². The molecule has 6 rings (SSSR count). The number of ether oxygens (including phenoxy) is 1. The summed E-state index contributed by atoms with van der Waals surface area (Å²) in [4.78, 5) is 42.1. The average molecular weight is 523 g/mol. The summed E-state index contributed by atoms with van der Waals surface area (Å²) in [5.74, 6) is 0.934. The van der Waals surface area contributed by atoms with E-state index in [9.17, 15) is 14.4 Å². The van der Waals surface area contributed by atoms with Gasteiger partial charge in [-0.3, -0.25) is 19.7 Å². The fourth-order valence-electron chi connectivity index (χ4n) is 7.00. The van der Waals surface area contributed by atoms with Crippen molar-refractivity contribution in [2.24, 2.45) is 11.8 Å². The number of hydrogen-bond donors (Lipinski definition) is 2. The summed E-state index contributed by atoms with van der Waals surface area (Å²) in [5.41, 5.74) is 2.91. The lowest BCUT2D eigenvalue weighted by Gasteiger charge is -2.34. The van der Waals surface area contributed by atoms with E-state index in [1.165, 1.54) is 25.7 Å². The SMILES string of the molecule is O=C1CCC(N2Cc3c(cccc3N(CCCC3CCOCC3)[C@@H]3CC[C@H](NCC4CC4)C3)C2=O)C(=O)N1. The van der Waals surface area contributed by atoms with Crippen LogP contribution < -0.4 is 15.5 Å². The average Bonchev–Trinajstić information content (AvgIpc) is 3.54. The number of nitrogens with zero attached hydrogens (tertiary/aromatic N) is 2. The van der Waals surface area contributed by atoms with Gasteiger partial charge in [0.05, 0.1) is 0 Å². The minimum Gasteiger partial charge on any atom is -0.381 e. The normalized spacial score (nSPS) is 28.1. The molecule has 0 spiro atoms. The third-order valence-electron chi connectivity index (χ3n) is 9.46. The first-order valence-electron chi connectivity index (χ1n) is 14.9. The molecule has 1 aromatic rings. The van der Waals surface area contributed by atoms with Gasteiger partial charge in [-0.15, -0.1) is 0 Å². The Morgan fingerprint density at radius 3 is 2.63 bits per heavy atom. The van der Waals surface area contributed by atoms with Crippen LogP contribution in [0.1, 0.15) is 86.6 Å². The van der Waals surface area contributed by atoms with Gasteiger partial charge in [0.15, 0.2) is 0 Å². The first kappa shape index (κ1) is 25.8. The van der Waals surface area contributed by atoms with Gasteiger partial charge in [0.2, 0.25) is 11.8 Å². The summed E-state index contributed by atoms with van der Waals surface area (Å²) >= 11 is 0. The molecule has 5 aliphatic rings. The predicted octanol–water partition coefficient (Wildman–Crippen LogP) is 3.38. The Morgan fingerprint density at radius 1 is 1.00 bits per heavy atom. The van der Waals surface area contributed by atoms with Crippen LogP contribution in [0.2, 0.25) is 0 Å². The van der Waals surface area contributed by atoms with Crippen molar-refractivity contribution in [1.82, 2.24) is 15.5 Å². The first-order valence-corrected chi connectivity index (χ1v) is 14.9. The number of benzene rings is 1. The molecule has 0 aromatic heterocycles. The topological polar surface area (TPSA) is 91.0 Å². The molecular formula is C30H42N4O4. The summed E-state index contributed by atoms with van der Waals surface area (Å²) in [6.07, 6.45) is 11.6. The highest BCUT2D eigenvalue weighted by atomic mass is 16.5. The van der Waals surface area contributed by atoms with Gasteiger partial charge < -0.3 is 19.9 Å². The molecule has 3 heterocycles. The molecule has 2 N–H and O–H groups in total. The van der Waals surface area contributed by atoms with Crippen LogP contribution in [0.5, 0.6) is 0 Å². The standard InChI is InChI=1S/C30H42N4O4/c35-28-11-10-27(29(36)32-28)34-19-25-24(30(34)37)4-1-5-26(25)33(14-2-3-20-12-15-38-16-13-20)23-9-8-22(17-23)31-18-21-6-7-21/h1,4-5,20-23,27,31H,2-3,6-19H2,(H,32,35,36)/t22-,23+,27?/m0/s1. The second-order valence-corrected chi connectivity index (χ2v) is 12.1. The van der Waals surface area contributed by atoms with Gasteiger partial charge in [0.25, 0.3) is 5.91 Å². The van der Waals surface area contributed by atoms with Crippen molar-refractivity contribution in [3.63, 3.8) is 0 Å². The molecule has 38 heavy (non-hydrogen) atoms. The zero-order valence-corrected chi connectivity index (χ0v) is 22.5. The van der Waals surface area contributed by atoms with Gasteiger partial charge in [-0.2, -0.15) is 0 Å². The number of imide groups is 1. The Morgan fingerprint density at radius 2 is 1.84 bits per heavy atom. The Labute approximate surface area is 225 Å². The Kier molecular flexibility index (Phi) is 7.70. The molecule has 3 atom stereocenters. The smallest absolute Gasteiger partial charge is 0.255 e. The number of nitrogens with one attached hydrogen (secondary N) is 2. The maximum Gasteiger partial charge on any atom is 0.255 e. The van der Waals surface area contributed by atoms with Gasteiger partial charge in [-0.05, 0) is 94.7 Å². The molecule has 3 amide bonds. The summed E-state index contributed by atoms with van der Waals surface area (Å²) in [5, 5.41) is 6.26. The zero-order valence-electron chi connectivity index (χ0n) is 22.5. The number of piperidine rings is 1. The van der Waals surface area contributed by atoms with Crippen LogP contribution in [0.4, 0.5) is 5.69 Å². The molecule has 206 valence electrons. The molecule has 0 radical (unpaired) electrons. The third kappa shape index (κ3) is 5.62. The van der Waals surface area contributed by atoms with Crippen molar-refractivity contribution in [3.05, 3.63) is 29.3 Å². The van der Waals surface area contributed by atoms with E-state index in [-0.39, 0.29) is 24.1 Å². The first-order chi connectivity index (χ1) is 18.6. The molecule has 8 heteroatoms. The zero-order chi connectivity index (χ0) is 26.1. The lowest BCUT2D eigenvalue weighted by atomic mass is 9.94.